The van der Waals surface area contributed by atoms with E-state index in [1.54, 1.807) is 0 Å². The molecule has 3 heteroatoms. The van der Waals surface area contributed by atoms with Gasteiger partial charge < -0.3 is 9.22 Å². The molecule has 0 aliphatic heterocycles. The number of hydrogen-bond acceptors (Lipinski definition) is 2. The van der Waals surface area contributed by atoms with Gasteiger partial charge in [-0.25, -0.2) is 4.79 Å². The van der Waals surface area contributed by atoms with Crippen LogP contribution in [0.25, 0.3) is 0 Å². The van der Waals surface area contributed by atoms with Crippen molar-refractivity contribution >= 4 is 5.97 Å². The Morgan fingerprint density at radius 2 is 1.67 bits per heavy atom. The first-order valence-electron chi connectivity index (χ1n) is 9.43. The summed E-state index contributed by atoms with van der Waals surface area (Å²) in [5.41, 5.74) is 1.89. The van der Waals surface area contributed by atoms with Gasteiger partial charge in [-0.1, -0.05) is 32.4 Å². The van der Waals surface area contributed by atoms with Gasteiger partial charge in [-0.3, -0.25) is 0 Å². The number of ether oxygens (including phenoxy) is 1. The van der Waals surface area contributed by atoms with Crippen LogP contribution in [0.15, 0.2) is 24.3 Å². The van der Waals surface area contributed by atoms with Crippen LogP contribution < -0.4 is 0 Å². The molecule has 1 aromatic carbocycles. The van der Waals surface area contributed by atoms with Gasteiger partial charge in [-0.15, -0.1) is 0 Å². The van der Waals surface area contributed by atoms with E-state index in [9.17, 15) is 4.79 Å². The Hall–Kier alpha value is -1.35. The molecule has 0 heterocycles. The lowest BCUT2D eigenvalue weighted by Gasteiger charge is -2.41. The van der Waals surface area contributed by atoms with E-state index in [1.165, 1.54) is 37.7 Å². The van der Waals surface area contributed by atoms with Crippen LogP contribution in [-0.2, 0) is 4.74 Å². The molecule has 1 atom stereocenters. The minimum atomic E-state index is -0.207. The molecule has 134 valence electrons. The fraction of sp³-hybridized carbons (Fsp3) is 0.667. The van der Waals surface area contributed by atoms with Crippen molar-refractivity contribution in [2.75, 3.05) is 20.6 Å². The molecular weight excluding hydrogens is 298 g/mol. The van der Waals surface area contributed by atoms with Crippen molar-refractivity contribution in [3.63, 3.8) is 0 Å². The molecule has 24 heavy (non-hydrogen) atoms. The summed E-state index contributed by atoms with van der Waals surface area (Å²) >= 11 is 0. The number of carbonyl (C=O) groups excluding carboxylic acids is 1. The van der Waals surface area contributed by atoms with E-state index < -0.39 is 0 Å². The van der Waals surface area contributed by atoms with Crippen LogP contribution in [0.5, 0.6) is 0 Å². The molecule has 0 bridgehead atoms. The van der Waals surface area contributed by atoms with Crippen molar-refractivity contribution < 1.29 is 14.0 Å². The molecule has 1 fully saturated rings. The summed E-state index contributed by atoms with van der Waals surface area (Å²) in [6.07, 6.45) is 6.56. The van der Waals surface area contributed by atoms with E-state index in [0.29, 0.717) is 17.5 Å². The van der Waals surface area contributed by atoms with Crippen LogP contribution in [0.4, 0.5) is 0 Å². The van der Waals surface area contributed by atoms with Gasteiger partial charge in [-0.2, -0.15) is 0 Å². The average molecular weight is 333 g/mol. The smallest absolute Gasteiger partial charge is 0.338 e. The maximum atomic E-state index is 12.4. The third-order valence-electron chi connectivity index (χ3n) is 5.41. The van der Waals surface area contributed by atoms with Crippen molar-refractivity contribution in [2.24, 2.45) is 0 Å². The first-order chi connectivity index (χ1) is 11.3. The molecule has 0 spiro atoms. The van der Waals surface area contributed by atoms with E-state index >= 15 is 0 Å². The molecule has 1 aromatic rings. The van der Waals surface area contributed by atoms with Crippen LogP contribution in [0, 0.1) is 0 Å². The van der Waals surface area contributed by atoms with Crippen molar-refractivity contribution in [1.82, 2.24) is 0 Å². The molecule has 1 aliphatic carbocycles. The van der Waals surface area contributed by atoms with Gasteiger partial charge in [0.2, 0.25) is 0 Å². The van der Waals surface area contributed by atoms with Crippen LogP contribution >= 0.6 is 0 Å². The summed E-state index contributed by atoms with van der Waals surface area (Å²) in [5, 5.41) is 0. The van der Waals surface area contributed by atoms with E-state index in [0.717, 1.165) is 11.0 Å². The Kier molecular flexibility index (Phi) is 6.45. The van der Waals surface area contributed by atoms with Crippen molar-refractivity contribution in [1.29, 1.82) is 0 Å². The minimum absolute atomic E-state index is 0.0702. The number of likely N-dealkylation sites (N-methyl/N-ethyl adjacent to an activating group) is 1. The van der Waals surface area contributed by atoms with Gasteiger partial charge >= 0.3 is 5.97 Å². The Morgan fingerprint density at radius 3 is 2.21 bits per heavy atom. The summed E-state index contributed by atoms with van der Waals surface area (Å²) < 4.78 is 6.65. The number of benzene rings is 1. The Balaban J connectivity index is 1.90. The van der Waals surface area contributed by atoms with Crippen LogP contribution in [0.2, 0.25) is 0 Å². The monoisotopic (exact) mass is 332 g/mol. The number of quaternary nitrogens is 1. The lowest BCUT2D eigenvalue weighted by molar-refractivity contribution is -0.918. The third-order valence-corrected chi connectivity index (χ3v) is 5.41. The number of nitrogens with zero attached hydrogens (tertiary/aromatic N) is 1. The molecule has 1 unspecified atom stereocenters. The van der Waals surface area contributed by atoms with Gasteiger partial charge in [-0.05, 0) is 56.2 Å². The molecule has 2 rings (SSSR count). The zero-order valence-electron chi connectivity index (χ0n) is 16.0. The highest BCUT2D eigenvalue weighted by molar-refractivity contribution is 5.89. The first kappa shape index (κ1) is 19.0. The number of hydrogen-bond donors (Lipinski definition) is 0. The Labute approximate surface area is 147 Å². The van der Waals surface area contributed by atoms with Crippen molar-refractivity contribution in [3.05, 3.63) is 35.4 Å². The molecule has 0 N–H and O–H groups in total. The van der Waals surface area contributed by atoms with E-state index in [-0.39, 0.29) is 12.1 Å². The second-order valence-electron chi connectivity index (χ2n) is 8.25. The standard InChI is InChI=1S/C21H34NO2/c1-16(2)18-11-13-19(14-12-18)21(23)24-17(3)15-22(4,5)20-9-7-6-8-10-20/h11-14,16-17,20H,6-10,15H2,1-5H3/q+1. The van der Waals surface area contributed by atoms with Gasteiger partial charge in [0.05, 0.1) is 25.7 Å². The molecule has 0 amide bonds. The highest BCUT2D eigenvalue weighted by atomic mass is 16.5. The van der Waals surface area contributed by atoms with Crippen LogP contribution in [0.1, 0.15) is 74.7 Å². The second kappa shape index (κ2) is 8.15. The topological polar surface area (TPSA) is 26.3 Å². The highest BCUT2D eigenvalue weighted by Crippen LogP contribution is 2.26. The molecule has 1 aliphatic rings. The molecular formula is C21H34NO2+. The summed E-state index contributed by atoms with van der Waals surface area (Å²) in [6, 6.07) is 8.50. The summed E-state index contributed by atoms with van der Waals surface area (Å²) in [7, 11) is 4.55. The highest BCUT2D eigenvalue weighted by Gasteiger charge is 2.32. The molecule has 0 radical (unpaired) electrons. The van der Waals surface area contributed by atoms with Gasteiger partial charge in [0, 0.05) is 0 Å². The molecule has 0 aromatic heterocycles. The zero-order valence-corrected chi connectivity index (χ0v) is 16.0. The van der Waals surface area contributed by atoms with E-state index in [1.807, 2.05) is 31.2 Å². The fourth-order valence-electron chi connectivity index (χ4n) is 3.88. The van der Waals surface area contributed by atoms with Crippen LogP contribution in [-0.4, -0.2) is 43.2 Å². The zero-order chi connectivity index (χ0) is 17.7. The normalized spacial score (nSPS) is 17.8. The predicted octanol–water partition coefficient (Wildman–Crippen LogP) is 4.76. The summed E-state index contributed by atoms with van der Waals surface area (Å²) in [5.74, 6) is 0.268. The van der Waals surface area contributed by atoms with Gasteiger partial charge in [0.15, 0.2) is 0 Å². The van der Waals surface area contributed by atoms with Crippen LogP contribution in [0.3, 0.4) is 0 Å². The SMILES string of the molecule is CC(C[N+](C)(C)C1CCCCC1)OC(=O)c1ccc(C(C)C)cc1. The lowest BCUT2D eigenvalue weighted by atomic mass is 9.93. The predicted molar refractivity (Wildman–Crippen MR) is 99.3 cm³/mol. The maximum absolute atomic E-state index is 12.4. The van der Waals surface area contributed by atoms with Crippen molar-refractivity contribution in [2.45, 2.75) is 70.9 Å². The maximum Gasteiger partial charge on any atom is 0.338 e. The molecule has 0 saturated heterocycles. The van der Waals surface area contributed by atoms with Gasteiger partial charge in [0.1, 0.15) is 12.6 Å². The summed E-state index contributed by atoms with van der Waals surface area (Å²) in [6.45, 7) is 7.20. The third kappa shape index (κ3) is 5.07. The quantitative estimate of drug-likeness (QED) is 0.554. The largest absolute Gasteiger partial charge is 0.453 e. The molecule has 1 saturated carbocycles. The number of carbonyl (C=O) groups is 1. The number of esters is 1. The Bertz CT molecular complexity index is 527. The van der Waals surface area contributed by atoms with E-state index in [2.05, 4.69) is 27.9 Å². The average Bonchev–Trinajstić information content (AvgIpc) is 2.55. The first-order valence-corrected chi connectivity index (χ1v) is 9.43. The van der Waals surface area contributed by atoms with E-state index in [4.69, 9.17) is 4.74 Å². The lowest BCUT2D eigenvalue weighted by Crippen LogP contribution is -2.53. The van der Waals surface area contributed by atoms with Crippen molar-refractivity contribution in [3.8, 4) is 0 Å². The molecule has 3 nitrogen and oxygen atoms in total. The fourth-order valence-corrected chi connectivity index (χ4v) is 3.88. The second-order valence-corrected chi connectivity index (χ2v) is 8.25. The summed E-state index contributed by atoms with van der Waals surface area (Å²) in [4.78, 5) is 12.4. The number of rotatable bonds is 6. The minimum Gasteiger partial charge on any atom is -0.453 e. The van der Waals surface area contributed by atoms with Gasteiger partial charge in [0.25, 0.3) is 0 Å². The Morgan fingerprint density at radius 1 is 1.08 bits per heavy atom.